The zero-order valence-corrected chi connectivity index (χ0v) is 13.4. The number of ether oxygens (including phenoxy) is 1. The van der Waals surface area contributed by atoms with Gasteiger partial charge < -0.3 is 4.74 Å². The Hall–Kier alpha value is -0.670. The van der Waals surface area contributed by atoms with Crippen LogP contribution in [0.1, 0.15) is 23.7 Å². The lowest BCUT2D eigenvalue weighted by atomic mass is 10.2. The molecule has 0 unspecified atom stereocenters. The molecule has 1 heterocycles. The Morgan fingerprint density at radius 3 is 2.74 bits per heavy atom. The molecule has 2 rings (SSSR count). The van der Waals surface area contributed by atoms with Crippen LogP contribution in [0.3, 0.4) is 0 Å². The van der Waals surface area contributed by atoms with Gasteiger partial charge in [-0.05, 0) is 47.2 Å². The summed E-state index contributed by atoms with van der Waals surface area (Å²) in [7, 11) is -3.70. The fraction of sp³-hybridized carbons (Fsp3) is 0.417. The number of halogens is 1. The monoisotopic (exact) mass is 395 g/mol. The van der Waals surface area contributed by atoms with E-state index in [1.807, 2.05) is 6.92 Å². The summed E-state index contributed by atoms with van der Waals surface area (Å²) >= 11 is 2.05. The maximum atomic E-state index is 12.2. The number of hydrogen-bond acceptors (Lipinski definition) is 4. The van der Waals surface area contributed by atoms with Crippen LogP contribution < -0.4 is 0 Å². The highest BCUT2D eigenvalue weighted by Crippen LogP contribution is 2.30. The highest BCUT2D eigenvalue weighted by molar-refractivity contribution is 14.1. The standard InChI is InChI=1S/C12H14INO4S/c1-2-6-18-7-5-14-12(15)10-8-9(13)3-4-11(10)19(14,16)17/h3-4,8H,2,5-7H2,1H3. The van der Waals surface area contributed by atoms with Crippen LogP contribution in [0.5, 0.6) is 0 Å². The molecule has 0 radical (unpaired) electrons. The minimum Gasteiger partial charge on any atom is -0.380 e. The molecule has 104 valence electrons. The van der Waals surface area contributed by atoms with Crippen molar-refractivity contribution in [3.8, 4) is 0 Å². The van der Waals surface area contributed by atoms with Crippen LogP contribution in [0.15, 0.2) is 23.1 Å². The maximum Gasteiger partial charge on any atom is 0.269 e. The van der Waals surface area contributed by atoms with Crippen molar-refractivity contribution in [3.05, 3.63) is 27.3 Å². The number of amides is 1. The predicted octanol–water partition coefficient (Wildman–Crippen LogP) is 1.86. The molecule has 0 bridgehead atoms. The van der Waals surface area contributed by atoms with Crippen LogP contribution in [-0.4, -0.2) is 38.4 Å². The first kappa shape index (κ1) is 14.7. The largest absolute Gasteiger partial charge is 0.380 e. The van der Waals surface area contributed by atoms with E-state index in [1.165, 1.54) is 6.07 Å². The lowest BCUT2D eigenvalue weighted by Gasteiger charge is -2.14. The third-order valence-electron chi connectivity index (χ3n) is 2.75. The van der Waals surface area contributed by atoms with Crippen molar-refractivity contribution < 1.29 is 17.9 Å². The maximum absolute atomic E-state index is 12.2. The van der Waals surface area contributed by atoms with E-state index in [9.17, 15) is 13.2 Å². The van der Waals surface area contributed by atoms with Gasteiger partial charge in [0.25, 0.3) is 15.9 Å². The molecule has 0 spiro atoms. The van der Waals surface area contributed by atoms with E-state index in [2.05, 4.69) is 22.6 Å². The van der Waals surface area contributed by atoms with E-state index in [-0.39, 0.29) is 23.6 Å². The van der Waals surface area contributed by atoms with Crippen molar-refractivity contribution in [2.45, 2.75) is 18.2 Å². The zero-order chi connectivity index (χ0) is 14.0. The average molecular weight is 395 g/mol. The molecule has 0 saturated carbocycles. The van der Waals surface area contributed by atoms with Crippen LogP contribution in [0.25, 0.3) is 0 Å². The molecule has 0 aromatic heterocycles. The van der Waals surface area contributed by atoms with Gasteiger partial charge in [0.05, 0.1) is 18.7 Å². The first-order valence-electron chi connectivity index (χ1n) is 5.93. The highest BCUT2D eigenvalue weighted by Gasteiger charge is 2.40. The van der Waals surface area contributed by atoms with Gasteiger partial charge in [0.1, 0.15) is 4.90 Å². The first-order valence-corrected chi connectivity index (χ1v) is 8.44. The van der Waals surface area contributed by atoms with Gasteiger partial charge in [0, 0.05) is 10.2 Å². The van der Waals surface area contributed by atoms with Gasteiger partial charge in [0.15, 0.2) is 0 Å². The molecule has 1 aliphatic rings. The van der Waals surface area contributed by atoms with Gasteiger partial charge in [-0.3, -0.25) is 4.79 Å². The fourth-order valence-corrected chi connectivity index (χ4v) is 3.90. The molecule has 0 aliphatic carbocycles. The van der Waals surface area contributed by atoms with E-state index in [1.54, 1.807) is 12.1 Å². The second-order valence-corrected chi connectivity index (χ2v) is 7.21. The summed E-state index contributed by atoms with van der Waals surface area (Å²) < 4.78 is 31.4. The Morgan fingerprint density at radius 1 is 1.32 bits per heavy atom. The minimum atomic E-state index is -3.70. The van der Waals surface area contributed by atoms with E-state index in [0.717, 1.165) is 14.3 Å². The van der Waals surface area contributed by atoms with Crippen LogP contribution in [0, 0.1) is 3.57 Å². The molecule has 0 fully saturated rings. The molecule has 19 heavy (non-hydrogen) atoms. The van der Waals surface area contributed by atoms with Crippen molar-refractivity contribution in [2.75, 3.05) is 19.8 Å². The van der Waals surface area contributed by atoms with Crippen molar-refractivity contribution in [1.29, 1.82) is 0 Å². The van der Waals surface area contributed by atoms with Crippen molar-refractivity contribution >= 4 is 38.5 Å². The average Bonchev–Trinajstić information content (AvgIpc) is 2.54. The Labute approximate surface area is 126 Å². The van der Waals surface area contributed by atoms with E-state index in [0.29, 0.717) is 6.61 Å². The number of rotatable bonds is 5. The molecule has 1 aromatic rings. The summed E-state index contributed by atoms with van der Waals surface area (Å²) in [6.07, 6.45) is 0.860. The second kappa shape index (κ2) is 5.76. The Kier molecular flexibility index (Phi) is 4.46. The lowest BCUT2D eigenvalue weighted by Crippen LogP contribution is -2.33. The predicted molar refractivity (Wildman–Crippen MR) is 78.5 cm³/mol. The molecule has 0 saturated heterocycles. The van der Waals surface area contributed by atoms with Crippen LogP contribution in [0.2, 0.25) is 0 Å². The fourth-order valence-electron chi connectivity index (χ4n) is 1.87. The van der Waals surface area contributed by atoms with Gasteiger partial charge in [-0.15, -0.1) is 0 Å². The molecule has 5 nitrogen and oxygen atoms in total. The van der Waals surface area contributed by atoms with Crippen molar-refractivity contribution in [3.63, 3.8) is 0 Å². The third-order valence-corrected chi connectivity index (χ3v) is 5.27. The number of hydrogen-bond donors (Lipinski definition) is 0. The summed E-state index contributed by atoms with van der Waals surface area (Å²) in [4.78, 5) is 12.2. The summed E-state index contributed by atoms with van der Waals surface area (Å²) in [5.41, 5.74) is 0.252. The van der Waals surface area contributed by atoms with Crippen molar-refractivity contribution in [2.24, 2.45) is 0 Å². The molecule has 1 amide bonds. The van der Waals surface area contributed by atoms with Gasteiger partial charge >= 0.3 is 0 Å². The summed E-state index contributed by atoms with van der Waals surface area (Å²) in [6, 6.07) is 4.77. The van der Waals surface area contributed by atoms with Crippen LogP contribution in [0.4, 0.5) is 0 Å². The molecule has 1 aliphatic heterocycles. The lowest BCUT2D eigenvalue weighted by molar-refractivity contribution is 0.0798. The Bertz CT molecular complexity index is 600. The van der Waals surface area contributed by atoms with E-state index in [4.69, 9.17) is 4.74 Å². The molecule has 1 aromatic carbocycles. The van der Waals surface area contributed by atoms with E-state index >= 15 is 0 Å². The minimum absolute atomic E-state index is 0.0619. The molecule has 0 N–H and O–H groups in total. The first-order chi connectivity index (χ1) is 8.98. The van der Waals surface area contributed by atoms with E-state index < -0.39 is 15.9 Å². The van der Waals surface area contributed by atoms with Crippen LogP contribution >= 0.6 is 22.6 Å². The molecule has 7 heteroatoms. The topological polar surface area (TPSA) is 63.7 Å². The third kappa shape index (κ3) is 2.77. The zero-order valence-electron chi connectivity index (χ0n) is 10.4. The Morgan fingerprint density at radius 2 is 2.05 bits per heavy atom. The van der Waals surface area contributed by atoms with Gasteiger partial charge in [-0.2, -0.15) is 0 Å². The second-order valence-electron chi connectivity index (χ2n) is 4.14. The number of carbonyl (C=O) groups excluding carboxylic acids is 1. The summed E-state index contributed by atoms with van der Waals surface area (Å²) in [5.74, 6) is -0.464. The van der Waals surface area contributed by atoms with Crippen LogP contribution in [-0.2, 0) is 14.8 Å². The number of fused-ring (bicyclic) bond motifs is 1. The van der Waals surface area contributed by atoms with Gasteiger partial charge in [0.2, 0.25) is 0 Å². The Balaban J connectivity index is 2.23. The SMILES string of the molecule is CCCOCCN1C(=O)c2cc(I)ccc2S1(=O)=O. The summed E-state index contributed by atoms with van der Waals surface area (Å²) in [6.45, 7) is 2.82. The number of benzene rings is 1. The smallest absolute Gasteiger partial charge is 0.269 e. The molecule has 0 atom stereocenters. The van der Waals surface area contributed by atoms with Gasteiger partial charge in [-0.25, -0.2) is 12.7 Å². The number of nitrogens with zero attached hydrogens (tertiary/aromatic N) is 1. The van der Waals surface area contributed by atoms with Gasteiger partial charge in [-0.1, -0.05) is 6.92 Å². The quantitative estimate of drug-likeness (QED) is 0.564. The molecular formula is C12H14INO4S. The number of carbonyl (C=O) groups is 1. The number of sulfonamides is 1. The van der Waals surface area contributed by atoms with Crippen molar-refractivity contribution in [1.82, 2.24) is 4.31 Å². The summed E-state index contributed by atoms with van der Waals surface area (Å²) in [5, 5.41) is 0. The normalized spacial score (nSPS) is 16.7. The highest BCUT2D eigenvalue weighted by atomic mass is 127. The molecular weight excluding hydrogens is 381 g/mol.